The molecule has 26 heavy (non-hydrogen) atoms. The minimum absolute atomic E-state index is 0.221. The number of aryl methyl sites for hydroxylation is 1. The summed E-state index contributed by atoms with van der Waals surface area (Å²) in [6.45, 7) is 5.64. The Morgan fingerprint density at radius 2 is 2.12 bits per heavy atom. The van der Waals surface area contributed by atoms with Crippen LogP contribution in [-0.2, 0) is 10.0 Å². The number of sulfonamides is 1. The lowest BCUT2D eigenvalue weighted by atomic mass is 10.3. The number of hydrogen-bond donors (Lipinski definition) is 2. The zero-order valence-corrected chi connectivity index (χ0v) is 16.9. The highest BCUT2D eigenvalue weighted by Crippen LogP contribution is 2.20. The van der Waals surface area contributed by atoms with E-state index in [-0.39, 0.29) is 6.54 Å². The number of aliphatic imine (C=N–C) groups is 1. The van der Waals surface area contributed by atoms with Crippen LogP contribution in [0.15, 0.2) is 32.9 Å². The highest BCUT2D eigenvalue weighted by molar-refractivity contribution is 7.91. The zero-order chi connectivity index (χ0) is 18.6. The second-order valence-corrected chi connectivity index (χ2v) is 9.95. The lowest BCUT2D eigenvalue weighted by Crippen LogP contribution is -2.51. The van der Waals surface area contributed by atoms with Crippen molar-refractivity contribution in [1.29, 1.82) is 0 Å². The van der Waals surface area contributed by atoms with Gasteiger partial charge in [-0.25, -0.2) is 18.1 Å². The van der Waals surface area contributed by atoms with E-state index in [0.717, 1.165) is 36.2 Å². The SMILES string of the molecule is Cc1ccc(S(=O)(=O)NCCN=C(N)N2CCN(c3nccs3)CC2)s1. The number of thiazole rings is 1. The van der Waals surface area contributed by atoms with E-state index in [4.69, 9.17) is 5.73 Å². The van der Waals surface area contributed by atoms with Gasteiger partial charge in [0.25, 0.3) is 0 Å². The quantitative estimate of drug-likeness (QED) is 0.414. The maximum absolute atomic E-state index is 12.1. The highest BCUT2D eigenvalue weighted by Gasteiger charge is 2.20. The molecule has 0 bridgehead atoms. The molecule has 142 valence electrons. The third-order valence-corrected chi connectivity index (χ3v) is 7.74. The van der Waals surface area contributed by atoms with Crippen LogP contribution in [0.4, 0.5) is 5.13 Å². The first-order chi connectivity index (χ1) is 12.5. The fraction of sp³-hybridized carbons (Fsp3) is 0.467. The molecule has 0 amide bonds. The molecule has 8 nitrogen and oxygen atoms in total. The first kappa shape index (κ1) is 19.1. The van der Waals surface area contributed by atoms with Crippen molar-refractivity contribution in [3.8, 4) is 0 Å². The van der Waals surface area contributed by atoms with Gasteiger partial charge < -0.3 is 15.5 Å². The number of piperazine rings is 1. The second-order valence-electron chi connectivity index (χ2n) is 5.79. The van der Waals surface area contributed by atoms with Crippen molar-refractivity contribution < 1.29 is 8.42 Å². The Hall–Kier alpha value is -1.69. The summed E-state index contributed by atoms with van der Waals surface area (Å²) >= 11 is 2.88. The topological polar surface area (TPSA) is 104 Å². The molecule has 1 fully saturated rings. The van der Waals surface area contributed by atoms with Crippen LogP contribution in [0.1, 0.15) is 4.88 Å². The van der Waals surface area contributed by atoms with E-state index in [9.17, 15) is 8.42 Å². The predicted molar refractivity (Wildman–Crippen MR) is 107 cm³/mol. The number of nitrogens with zero attached hydrogens (tertiary/aromatic N) is 4. The number of nitrogens with one attached hydrogen (secondary N) is 1. The third-order valence-electron chi connectivity index (χ3n) is 3.95. The summed E-state index contributed by atoms with van der Waals surface area (Å²) in [5.74, 6) is 0.454. The summed E-state index contributed by atoms with van der Waals surface area (Å²) in [7, 11) is -3.46. The molecule has 11 heteroatoms. The van der Waals surface area contributed by atoms with Crippen molar-refractivity contribution in [2.45, 2.75) is 11.1 Å². The molecule has 1 aliphatic heterocycles. The maximum atomic E-state index is 12.1. The van der Waals surface area contributed by atoms with Gasteiger partial charge >= 0.3 is 0 Å². The maximum Gasteiger partial charge on any atom is 0.250 e. The largest absolute Gasteiger partial charge is 0.370 e. The van der Waals surface area contributed by atoms with Gasteiger partial charge in [-0.15, -0.1) is 22.7 Å². The smallest absolute Gasteiger partial charge is 0.250 e. The van der Waals surface area contributed by atoms with Crippen molar-refractivity contribution in [3.05, 3.63) is 28.6 Å². The first-order valence-electron chi connectivity index (χ1n) is 8.21. The van der Waals surface area contributed by atoms with Crippen molar-refractivity contribution in [2.24, 2.45) is 10.7 Å². The lowest BCUT2D eigenvalue weighted by Gasteiger charge is -2.35. The molecule has 3 heterocycles. The second kappa shape index (κ2) is 8.33. The van der Waals surface area contributed by atoms with Crippen LogP contribution < -0.4 is 15.4 Å². The molecular formula is C15H22N6O2S3. The summed E-state index contributed by atoms with van der Waals surface area (Å²) in [4.78, 5) is 13.8. The van der Waals surface area contributed by atoms with Gasteiger partial charge in [0.05, 0.1) is 6.54 Å². The third kappa shape index (κ3) is 4.72. The molecule has 0 atom stereocenters. The molecule has 0 radical (unpaired) electrons. The summed E-state index contributed by atoms with van der Waals surface area (Å²) in [5.41, 5.74) is 6.05. The molecule has 0 saturated carbocycles. The standard InChI is InChI=1S/C15H22N6O2S3/c1-12-2-3-13(25-12)26(22,23)19-5-4-17-14(16)20-7-9-21(10-8-20)15-18-6-11-24-15/h2-3,6,11,19H,4-5,7-10H2,1H3,(H2,16,17). The van der Waals surface area contributed by atoms with E-state index < -0.39 is 10.0 Å². The van der Waals surface area contributed by atoms with Gasteiger partial charge in [-0.1, -0.05) is 0 Å². The Bertz CT molecular complexity index is 839. The molecule has 0 aromatic carbocycles. The van der Waals surface area contributed by atoms with Gasteiger partial charge in [0.15, 0.2) is 11.1 Å². The summed E-state index contributed by atoms with van der Waals surface area (Å²) in [6, 6.07) is 3.41. The number of hydrogen-bond acceptors (Lipinski definition) is 7. The van der Waals surface area contributed by atoms with Crippen molar-refractivity contribution in [3.63, 3.8) is 0 Å². The number of guanidine groups is 1. The van der Waals surface area contributed by atoms with E-state index in [2.05, 4.69) is 19.6 Å². The number of thiophene rings is 1. The van der Waals surface area contributed by atoms with Gasteiger partial charge in [0.1, 0.15) is 4.21 Å². The van der Waals surface area contributed by atoms with Crippen LogP contribution in [0.3, 0.4) is 0 Å². The Morgan fingerprint density at radius 3 is 2.73 bits per heavy atom. The summed E-state index contributed by atoms with van der Waals surface area (Å²) < 4.78 is 27.2. The van der Waals surface area contributed by atoms with Crippen molar-refractivity contribution in [1.82, 2.24) is 14.6 Å². The van der Waals surface area contributed by atoms with Crippen LogP contribution in [0, 0.1) is 6.92 Å². The van der Waals surface area contributed by atoms with Crippen molar-refractivity contribution in [2.75, 3.05) is 44.2 Å². The zero-order valence-electron chi connectivity index (χ0n) is 14.5. The summed E-state index contributed by atoms with van der Waals surface area (Å²) in [5, 5.41) is 2.99. The van der Waals surface area contributed by atoms with E-state index in [1.165, 1.54) is 11.3 Å². The van der Waals surface area contributed by atoms with Crippen LogP contribution in [-0.4, -0.2) is 63.5 Å². The normalized spacial score (nSPS) is 16.3. The molecule has 2 aromatic rings. The van der Waals surface area contributed by atoms with Gasteiger partial charge in [0, 0.05) is 49.2 Å². The molecule has 3 N–H and O–H groups in total. The number of anilines is 1. The molecule has 0 spiro atoms. The van der Waals surface area contributed by atoms with Gasteiger partial charge in [-0.3, -0.25) is 4.99 Å². The number of nitrogens with two attached hydrogens (primary N) is 1. The van der Waals surface area contributed by atoms with Gasteiger partial charge in [-0.2, -0.15) is 0 Å². The summed E-state index contributed by atoms with van der Waals surface area (Å²) in [6.07, 6.45) is 1.81. The molecule has 2 aromatic heterocycles. The number of rotatable bonds is 6. The number of aromatic nitrogens is 1. The van der Waals surface area contributed by atoms with E-state index >= 15 is 0 Å². The minimum Gasteiger partial charge on any atom is -0.370 e. The van der Waals surface area contributed by atoms with Crippen molar-refractivity contribution >= 4 is 43.8 Å². The van der Waals surface area contributed by atoms with E-state index in [0.29, 0.717) is 16.7 Å². The van der Waals surface area contributed by atoms with E-state index in [1.807, 2.05) is 17.2 Å². The minimum atomic E-state index is -3.46. The first-order valence-corrected chi connectivity index (χ1v) is 11.4. The average Bonchev–Trinajstić information content (AvgIpc) is 3.30. The lowest BCUT2D eigenvalue weighted by molar-refractivity contribution is 0.380. The Balaban J connectivity index is 1.44. The fourth-order valence-electron chi connectivity index (χ4n) is 2.58. The van der Waals surface area contributed by atoms with Crippen LogP contribution >= 0.6 is 22.7 Å². The van der Waals surface area contributed by atoms with Gasteiger partial charge in [0.2, 0.25) is 10.0 Å². The predicted octanol–water partition coefficient (Wildman–Crippen LogP) is 0.928. The monoisotopic (exact) mass is 414 g/mol. The molecule has 3 rings (SSSR count). The molecular weight excluding hydrogens is 392 g/mol. The Labute approximate surface area is 161 Å². The molecule has 1 saturated heterocycles. The molecule has 0 unspecified atom stereocenters. The van der Waals surface area contributed by atoms with E-state index in [1.54, 1.807) is 29.7 Å². The van der Waals surface area contributed by atoms with Gasteiger partial charge in [-0.05, 0) is 19.1 Å². The van der Waals surface area contributed by atoms with Crippen LogP contribution in [0.25, 0.3) is 0 Å². The average molecular weight is 415 g/mol. The fourth-order valence-corrected chi connectivity index (χ4v) is 5.62. The highest BCUT2D eigenvalue weighted by atomic mass is 32.2. The van der Waals surface area contributed by atoms with Crippen LogP contribution in [0.2, 0.25) is 0 Å². The Kier molecular flexibility index (Phi) is 6.12. The molecule has 1 aliphatic rings. The van der Waals surface area contributed by atoms with Crippen LogP contribution in [0.5, 0.6) is 0 Å². The Morgan fingerprint density at radius 1 is 1.35 bits per heavy atom. The molecule has 0 aliphatic carbocycles.